The number of imidazole rings is 1. The number of nitrogens with one attached hydrogen (secondary N) is 2. The number of benzene rings is 1. The lowest BCUT2D eigenvalue weighted by atomic mass is 10.1. The number of nitrogens with zero attached hydrogens (tertiary/aromatic N) is 4. The molecule has 0 unspecified atom stereocenters. The molecule has 166 valence electrons. The highest BCUT2D eigenvalue weighted by molar-refractivity contribution is 6.01. The molecule has 0 amide bonds. The molecule has 0 fully saturated rings. The summed E-state index contributed by atoms with van der Waals surface area (Å²) >= 11 is 0. The summed E-state index contributed by atoms with van der Waals surface area (Å²) in [6, 6.07) is 8.10. The highest BCUT2D eigenvalue weighted by Gasteiger charge is 2.15. The van der Waals surface area contributed by atoms with Gasteiger partial charge in [0, 0.05) is 50.4 Å². The van der Waals surface area contributed by atoms with Crippen molar-refractivity contribution in [2.75, 3.05) is 56.7 Å². The number of hydrogen-bond acceptors (Lipinski definition) is 6. The normalized spacial score (nSPS) is 10.1. The van der Waals surface area contributed by atoms with Crippen molar-refractivity contribution in [2.45, 2.75) is 34.1 Å². The summed E-state index contributed by atoms with van der Waals surface area (Å²) in [4.78, 5) is 16.2. The molecule has 0 radical (unpaired) electrons. The van der Waals surface area contributed by atoms with E-state index in [0.717, 1.165) is 54.2 Å². The highest BCUT2D eigenvalue weighted by Crippen LogP contribution is 2.35. The lowest BCUT2D eigenvalue weighted by molar-refractivity contribution is 0.416. The first kappa shape index (κ1) is 25.2. The monoisotopic (exact) mass is 413 g/mol. The third-order valence-corrected chi connectivity index (χ3v) is 4.41. The molecule has 7 nitrogen and oxygen atoms in total. The number of aromatic amines is 1. The fourth-order valence-electron chi connectivity index (χ4n) is 2.89. The largest absolute Gasteiger partial charge is 0.394 e. The van der Waals surface area contributed by atoms with E-state index >= 15 is 0 Å². The summed E-state index contributed by atoms with van der Waals surface area (Å²) in [7, 11) is 6.16. The molecule has 0 aliphatic heterocycles. The number of pyridine rings is 1. The fourth-order valence-corrected chi connectivity index (χ4v) is 2.89. The predicted octanol–water partition coefficient (Wildman–Crippen LogP) is 4.24. The second-order valence-electron chi connectivity index (χ2n) is 6.72. The lowest BCUT2D eigenvalue weighted by Gasteiger charge is -2.24. The van der Waals surface area contributed by atoms with Crippen LogP contribution in [0.15, 0.2) is 36.8 Å². The standard InChI is InChI=1S/C19H27N7.2C2H6/c1-25(2)10-11-26(3)19-17(20)18(15-6-4-5-7-16(15)24-19)22-9-8-14-12-21-13-23-14;2*1-2/h4-7,12-13H,8-11,20H2,1-3H3,(H,21,23)(H,22,24);2*1-2H3. The molecule has 0 spiro atoms. The topological polar surface area (TPSA) is 86.1 Å². The Morgan fingerprint density at radius 3 is 2.37 bits per heavy atom. The van der Waals surface area contributed by atoms with Crippen molar-refractivity contribution in [1.29, 1.82) is 0 Å². The fraction of sp³-hybridized carbons (Fsp3) is 0.478. The number of nitrogens with two attached hydrogens (primary N) is 1. The summed E-state index contributed by atoms with van der Waals surface area (Å²) in [5.41, 5.74) is 10.2. The molecule has 0 aliphatic rings. The van der Waals surface area contributed by atoms with Gasteiger partial charge in [0.15, 0.2) is 5.82 Å². The molecule has 0 saturated carbocycles. The van der Waals surface area contributed by atoms with Gasteiger partial charge in [-0.2, -0.15) is 0 Å². The molecule has 30 heavy (non-hydrogen) atoms. The van der Waals surface area contributed by atoms with Crippen molar-refractivity contribution in [3.8, 4) is 0 Å². The van der Waals surface area contributed by atoms with Crippen molar-refractivity contribution >= 4 is 28.1 Å². The summed E-state index contributed by atoms with van der Waals surface area (Å²) in [6.45, 7) is 10.6. The van der Waals surface area contributed by atoms with Crippen molar-refractivity contribution in [2.24, 2.45) is 0 Å². The highest BCUT2D eigenvalue weighted by atomic mass is 15.2. The van der Waals surface area contributed by atoms with Crippen molar-refractivity contribution in [3.05, 3.63) is 42.5 Å². The molecular weight excluding hydrogens is 374 g/mol. The zero-order valence-electron chi connectivity index (χ0n) is 19.7. The number of hydrogen-bond donors (Lipinski definition) is 3. The van der Waals surface area contributed by atoms with Crippen LogP contribution in [0.5, 0.6) is 0 Å². The van der Waals surface area contributed by atoms with E-state index in [1.165, 1.54) is 0 Å². The van der Waals surface area contributed by atoms with Gasteiger partial charge in [-0.05, 0) is 20.2 Å². The summed E-state index contributed by atoms with van der Waals surface area (Å²) < 4.78 is 0. The SMILES string of the molecule is CC.CC.CN(C)CCN(C)c1nc2ccccc2c(NCCc2cnc[nH]2)c1N. The number of rotatable bonds is 8. The van der Waals surface area contributed by atoms with Gasteiger partial charge in [0.25, 0.3) is 0 Å². The van der Waals surface area contributed by atoms with Crippen LogP contribution in [0.4, 0.5) is 17.2 Å². The Labute approximate surface area is 181 Å². The van der Waals surface area contributed by atoms with E-state index in [-0.39, 0.29) is 0 Å². The van der Waals surface area contributed by atoms with Gasteiger partial charge >= 0.3 is 0 Å². The molecule has 0 atom stereocenters. The smallest absolute Gasteiger partial charge is 0.154 e. The first-order valence-corrected chi connectivity index (χ1v) is 10.8. The van der Waals surface area contributed by atoms with Crippen LogP contribution in [-0.2, 0) is 6.42 Å². The molecule has 3 aromatic rings. The van der Waals surface area contributed by atoms with Crippen molar-refractivity contribution in [3.63, 3.8) is 0 Å². The number of H-pyrrole nitrogens is 1. The Hall–Kier alpha value is -2.80. The van der Waals surface area contributed by atoms with Gasteiger partial charge in [-0.25, -0.2) is 9.97 Å². The van der Waals surface area contributed by atoms with Crippen molar-refractivity contribution in [1.82, 2.24) is 19.9 Å². The maximum absolute atomic E-state index is 6.52. The van der Waals surface area contributed by atoms with Crippen LogP contribution in [0.1, 0.15) is 33.4 Å². The Morgan fingerprint density at radius 1 is 1.03 bits per heavy atom. The van der Waals surface area contributed by atoms with Crippen LogP contribution < -0.4 is 16.0 Å². The minimum atomic E-state index is 0.689. The Kier molecular flexibility index (Phi) is 11.3. The van der Waals surface area contributed by atoms with E-state index in [4.69, 9.17) is 10.7 Å². The molecule has 0 saturated heterocycles. The molecule has 7 heteroatoms. The number of likely N-dealkylation sites (N-methyl/N-ethyl adjacent to an activating group) is 2. The zero-order chi connectivity index (χ0) is 22.5. The van der Waals surface area contributed by atoms with Crippen LogP contribution in [0.3, 0.4) is 0 Å². The van der Waals surface area contributed by atoms with Gasteiger partial charge in [0.2, 0.25) is 0 Å². The molecular formula is C23H39N7. The Morgan fingerprint density at radius 2 is 1.73 bits per heavy atom. The third-order valence-electron chi connectivity index (χ3n) is 4.41. The minimum Gasteiger partial charge on any atom is -0.394 e. The first-order valence-electron chi connectivity index (χ1n) is 10.8. The van der Waals surface area contributed by atoms with Crippen LogP contribution in [-0.4, -0.2) is 60.6 Å². The number of aromatic nitrogens is 3. The molecule has 0 aliphatic carbocycles. The molecule has 0 bridgehead atoms. The van der Waals surface area contributed by atoms with Crippen LogP contribution in [0.2, 0.25) is 0 Å². The molecule has 2 heterocycles. The zero-order valence-corrected chi connectivity index (χ0v) is 19.7. The van der Waals surface area contributed by atoms with E-state index < -0.39 is 0 Å². The predicted molar refractivity (Wildman–Crippen MR) is 131 cm³/mol. The van der Waals surface area contributed by atoms with E-state index in [1.807, 2.05) is 59.1 Å². The maximum Gasteiger partial charge on any atom is 0.154 e. The maximum atomic E-state index is 6.52. The van der Waals surface area contributed by atoms with E-state index in [2.05, 4.69) is 45.2 Å². The lowest BCUT2D eigenvalue weighted by Crippen LogP contribution is -2.29. The second-order valence-corrected chi connectivity index (χ2v) is 6.72. The van der Waals surface area contributed by atoms with E-state index in [0.29, 0.717) is 5.69 Å². The number of para-hydroxylation sites is 1. The average Bonchev–Trinajstić information content (AvgIpc) is 3.29. The van der Waals surface area contributed by atoms with Gasteiger partial charge < -0.3 is 25.8 Å². The van der Waals surface area contributed by atoms with E-state index in [9.17, 15) is 0 Å². The van der Waals surface area contributed by atoms with Gasteiger partial charge in [-0.15, -0.1) is 0 Å². The molecule has 3 rings (SSSR count). The number of nitrogen functional groups attached to an aromatic ring is 1. The Bertz CT molecular complexity index is 844. The van der Waals surface area contributed by atoms with Gasteiger partial charge in [-0.3, -0.25) is 0 Å². The average molecular weight is 414 g/mol. The van der Waals surface area contributed by atoms with Gasteiger partial charge in [0.05, 0.1) is 23.2 Å². The molecule has 1 aromatic carbocycles. The number of anilines is 3. The molecule has 4 N–H and O–H groups in total. The minimum absolute atomic E-state index is 0.689. The van der Waals surface area contributed by atoms with Crippen LogP contribution >= 0.6 is 0 Å². The quantitative estimate of drug-likeness (QED) is 0.512. The summed E-state index contributed by atoms with van der Waals surface area (Å²) in [5, 5.41) is 4.55. The van der Waals surface area contributed by atoms with E-state index in [1.54, 1.807) is 6.33 Å². The van der Waals surface area contributed by atoms with Gasteiger partial charge in [-0.1, -0.05) is 45.9 Å². The Balaban J connectivity index is 0.00000106. The molecule has 2 aromatic heterocycles. The van der Waals surface area contributed by atoms with Crippen LogP contribution in [0, 0.1) is 0 Å². The first-order chi connectivity index (χ1) is 14.6. The van der Waals surface area contributed by atoms with Gasteiger partial charge in [0.1, 0.15) is 0 Å². The number of fused-ring (bicyclic) bond motifs is 1. The van der Waals surface area contributed by atoms with Crippen molar-refractivity contribution < 1.29 is 0 Å². The summed E-state index contributed by atoms with van der Waals surface area (Å²) in [5.74, 6) is 0.814. The third kappa shape index (κ3) is 6.91. The van der Waals surface area contributed by atoms with Crippen LogP contribution in [0.25, 0.3) is 10.9 Å². The second kappa shape index (κ2) is 13.4. The summed E-state index contributed by atoms with van der Waals surface area (Å²) in [6.07, 6.45) is 4.39.